The molecule has 0 aliphatic carbocycles. The number of rotatable bonds is 4. The summed E-state index contributed by atoms with van der Waals surface area (Å²) in [6.07, 6.45) is -2.52. The number of ether oxygens (including phenoxy) is 2. The summed E-state index contributed by atoms with van der Waals surface area (Å²) >= 11 is 6.68. The third-order valence-corrected chi connectivity index (χ3v) is 4.22. The maximum Gasteiger partial charge on any atom is 0.433 e. The molecule has 3 aromatic rings. The van der Waals surface area contributed by atoms with Gasteiger partial charge in [0, 0.05) is 6.07 Å². The summed E-state index contributed by atoms with van der Waals surface area (Å²) in [5.41, 5.74) is -0.364. The van der Waals surface area contributed by atoms with Crippen LogP contribution < -0.4 is 9.47 Å². The Morgan fingerprint density at radius 3 is 2.59 bits per heavy atom. The van der Waals surface area contributed by atoms with Crippen molar-refractivity contribution in [1.29, 1.82) is 0 Å². The Hall–Kier alpha value is -2.72. The maximum absolute atomic E-state index is 12.7. The number of aryl methyl sites for hydroxylation is 1. The van der Waals surface area contributed by atoms with Crippen LogP contribution in [0.5, 0.6) is 16.7 Å². The van der Waals surface area contributed by atoms with Crippen molar-refractivity contribution in [3.63, 3.8) is 0 Å². The molecule has 0 aliphatic rings. The summed E-state index contributed by atoms with van der Waals surface area (Å²) in [6.45, 7) is 1.63. The van der Waals surface area contributed by atoms with Crippen molar-refractivity contribution < 1.29 is 27.4 Å². The van der Waals surface area contributed by atoms with Gasteiger partial charge < -0.3 is 9.47 Å². The van der Waals surface area contributed by atoms with E-state index in [1.807, 2.05) is 0 Å². The lowest BCUT2D eigenvalue weighted by Gasteiger charge is -2.10. The summed E-state index contributed by atoms with van der Waals surface area (Å²) in [5.74, 6) is -0.691. The van der Waals surface area contributed by atoms with Gasteiger partial charge in [0.25, 0.3) is 0 Å². The number of halogens is 4. The van der Waals surface area contributed by atoms with E-state index in [4.69, 9.17) is 21.1 Å². The summed E-state index contributed by atoms with van der Waals surface area (Å²) in [6, 6.07) is 5.01. The molecular formula is C16H9ClF3N3O3S. The minimum atomic E-state index is -4.61. The minimum Gasteiger partial charge on any atom is -0.439 e. The van der Waals surface area contributed by atoms with E-state index in [-0.39, 0.29) is 26.7 Å². The normalized spacial score (nSPS) is 11.3. The number of aromatic nitrogens is 3. The summed E-state index contributed by atoms with van der Waals surface area (Å²) in [4.78, 5) is 22.8. The molecule has 2 heterocycles. The van der Waals surface area contributed by atoms with Crippen LogP contribution in [0.1, 0.15) is 21.6 Å². The topological polar surface area (TPSA) is 74.2 Å². The van der Waals surface area contributed by atoms with Gasteiger partial charge >= 0.3 is 12.1 Å². The lowest BCUT2D eigenvalue weighted by molar-refractivity contribution is -0.141. The Kier molecular flexibility index (Phi) is 5.29. The lowest BCUT2D eigenvalue weighted by Crippen LogP contribution is -2.10. The molecule has 6 nitrogen and oxygen atoms in total. The zero-order chi connectivity index (χ0) is 19.6. The highest BCUT2D eigenvalue weighted by molar-refractivity contribution is 7.17. The van der Waals surface area contributed by atoms with Gasteiger partial charge in [0.05, 0.1) is 11.8 Å². The van der Waals surface area contributed by atoms with E-state index in [0.717, 1.165) is 17.7 Å². The molecule has 2 aromatic heterocycles. The van der Waals surface area contributed by atoms with Gasteiger partial charge in [-0.3, -0.25) is 0 Å². The van der Waals surface area contributed by atoms with Crippen LogP contribution in [-0.2, 0) is 6.18 Å². The number of alkyl halides is 3. The van der Waals surface area contributed by atoms with Crippen molar-refractivity contribution in [1.82, 2.24) is 15.0 Å². The summed E-state index contributed by atoms with van der Waals surface area (Å²) in [5, 5.41) is 0.241. The van der Waals surface area contributed by atoms with Gasteiger partial charge in [-0.1, -0.05) is 22.9 Å². The van der Waals surface area contributed by atoms with Gasteiger partial charge in [-0.15, -0.1) is 0 Å². The number of carbonyl (C=O) groups excluding carboxylic acids is 1. The lowest BCUT2D eigenvalue weighted by atomic mass is 10.1. The molecule has 0 spiro atoms. The Morgan fingerprint density at radius 1 is 1.19 bits per heavy atom. The second-order valence-corrected chi connectivity index (χ2v) is 6.72. The molecular weight excluding hydrogens is 407 g/mol. The van der Waals surface area contributed by atoms with Gasteiger partial charge in [-0.05, 0) is 30.7 Å². The van der Waals surface area contributed by atoms with Crippen LogP contribution in [-0.4, -0.2) is 20.9 Å². The highest BCUT2D eigenvalue weighted by atomic mass is 35.5. The summed E-state index contributed by atoms with van der Waals surface area (Å²) in [7, 11) is 0. The Bertz CT molecular complexity index is 994. The minimum absolute atomic E-state index is 0.205. The SMILES string of the molecule is Cc1cc(Oc2cc(C(F)(F)F)ncn2)ccc1C(=O)Oc1cnc(Cl)s1. The van der Waals surface area contributed by atoms with Crippen molar-refractivity contribution in [2.75, 3.05) is 0 Å². The number of hydrogen-bond donors (Lipinski definition) is 0. The van der Waals surface area contributed by atoms with Crippen molar-refractivity contribution in [3.05, 3.63) is 58.1 Å². The number of nitrogens with zero attached hydrogens (tertiary/aromatic N) is 3. The Morgan fingerprint density at radius 2 is 1.96 bits per heavy atom. The fourth-order valence-electron chi connectivity index (χ4n) is 2.03. The van der Waals surface area contributed by atoms with E-state index >= 15 is 0 Å². The molecule has 0 unspecified atom stereocenters. The monoisotopic (exact) mass is 415 g/mol. The predicted molar refractivity (Wildman–Crippen MR) is 90.4 cm³/mol. The fraction of sp³-hybridized carbons (Fsp3) is 0.125. The van der Waals surface area contributed by atoms with Gasteiger partial charge in [0.2, 0.25) is 10.9 Å². The molecule has 3 rings (SSSR count). The maximum atomic E-state index is 12.7. The molecule has 1 aromatic carbocycles. The first kappa shape index (κ1) is 19.1. The molecule has 0 saturated carbocycles. The predicted octanol–water partition coefficient (Wildman–Crippen LogP) is 4.93. The van der Waals surface area contributed by atoms with Gasteiger partial charge in [-0.2, -0.15) is 13.2 Å². The molecule has 0 atom stereocenters. The highest BCUT2D eigenvalue weighted by Gasteiger charge is 2.33. The zero-order valence-corrected chi connectivity index (χ0v) is 15.0. The first-order valence-corrected chi connectivity index (χ1v) is 8.43. The molecule has 0 fully saturated rings. The van der Waals surface area contributed by atoms with Gasteiger partial charge in [-0.25, -0.2) is 19.7 Å². The Balaban J connectivity index is 1.76. The van der Waals surface area contributed by atoms with E-state index in [1.165, 1.54) is 24.4 Å². The summed E-state index contributed by atoms with van der Waals surface area (Å²) < 4.78 is 48.8. The molecule has 0 amide bonds. The number of carbonyl (C=O) groups is 1. The van der Waals surface area contributed by atoms with Gasteiger partial charge in [0.15, 0.2) is 10.2 Å². The molecule has 0 aliphatic heterocycles. The van der Waals surface area contributed by atoms with E-state index in [9.17, 15) is 18.0 Å². The molecule has 27 heavy (non-hydrogen) atoms. The third-order valence-electron chi connectivity index (χ3n) is 3.22. The van der Waals surface area contributed by atoms with Crippen LogP contribution in [0, 0.1) is 6.92 Å². The molecule has 140 valence electrons. The van der Waals surface area contributed by atoms with Crippen LogP contribution in [0.2, 0.25) is 4.47 Å². The van der Waals surface area contributed by atoms with Crippen molar-refractivity contribution in [2.24, 2.45) is 0 Å². The highest BCUT2D eigenvalue weighted by Crippen LogP contribution is 2.31. The average Bonchev–Trinajstić information content (AvgIpc) is 2.99. The third kappa shape index (κ3) is 4.72. The van der Waals surface area contributed by atoms with Crippen LogP contribution in [0.25, 0.3) is 0 Å². The molecule has 0 N–H and O–H groups in total. The van der Waals surface area contributed by atoms with E-state index in [1.54, 1.807) is 6.92 Å². The largest absolute Gasteiger partial charge is 0.439 e. The van der Waals surface area contributed by atoms with E-state index in [0.29, 0.717) is 11.6 Å². The first-order chi connectivity index (χ1) is 12.7. The number of benzene rings is 1. The molecule has 0 radical (unpaired) electrons. The molecule has 0 saturated heterocycles. The van der Waals surface area contributed by atoms with Gasteiger partial charge in [0.1, 0.15) is 12.1 Å². The standard InChI is InChI=1S/C16H9ClF3N3O3S/c1-8-4-9(25-12-5-11(16(18,19)20)22-7-23-12)2-3-10(8)14(24)26-13-6-21-15(17)27-13/h2-7H,1H3. The smallest absolute Gasteiger partial charge is 0.433 e. The second-order valence-electron chi connectivity index (χ2n) is 5.14. The number of esters is 1. The van der Waals surface area contributed by atoms with E-state index in [2.05, 4.69) is 15.0 Å². The second kappa shape index (κ2) is 7.49. The first-order valence-electron chi connectivity index (χ1n) is 7.23. The fourth-order valence-corrected chi connectivity index (χ4v) is 2.80. The average molecular weight is 416 g/mol. The van der Waals surface area contributed by atoms with Crippen LogP contribution in [0.3, 0.4) is 0 Å². The zero-order valence-electron chi connectivity index (χ0n) is 13.5. The quantitative estimate of drug-likeness (QED) is 0.563. The van der Waals surface area contributed by atoms with Crippen LogP contribution in [0.15, 0.2) is 36.8 Å². The van der Waals surface area contributed by atoms with Crippen LogP contribution in [0.4, 0.5) is 13.2 Å². The molecule has 11 heteroatoms. The number of hydrogen-bond acceptors (Lipinski definition) is 7. The van der Waals surface area contributed by atoms with Crippen molar-refractivity contribution in [3.8, 4) is 16.7 Å². The van der Waals surface area contributed by atoms with Crippen molar-refractivity contribution >= 4 is 28.9 Å². The molecule has 0 bridgehead atoms. The number of thiazole rings is 1. The van der Waals surface area contributed by atoms with Crippen LogP contribution >= 0.6 is 22.9 Å². The van der Waals surface area contributed by atoms with E-state index < -0.39 is 17.8 Å². The Labute approximate surface area is 159 Å². The van der Waals surface area contributed by atoms with Crippen molar-refractivity contribution in [2.45, 2.75) is 13.1 Å².